The van der Waals surface area contributed by atoms with Gasteiger partial charge in [0.25, 0.3) is 5.84 Å². The van der Waals surface area contributed by atoms with Gasteiger partial charge >= 0.3 is 6.18 Å². The fourth-order valence-electron chi connectivity index (χ4n) is 1.08. The Kier molecular flexibility index (Phi) is 3.36. The number of nitrogens with zero attached hydrogens (tertiary/aromatic N) is 1. The lowest BCUT2D eigenvalue weighted by Gasteiger charge is -2.10. The van der Waals surface area contributed by atoms with E-state index in [0.29, 0.717) is 6.20 Å². The Morgan fingerprint density at radius 2 is 2.19 bits per heavy atom. The number of alkyl halides is 3. The lowest BCUT2D eigenvalue weighted by Crippen LogP contribution is -2.46. The van der Waals surface area contributed by atoms with Crippen molar-refractivity contribution in [3.05, 3.63) is 23.5 Å². The summed E-state index contributed by atoms with van der Waals surface area (Å²) < 4.78 is 42.1. The molecule has 0 atom stereocenters. The van der Waals surface area contributed by atoms with Gasteiger partial charge in [0.15, 0.2) is 11.4 Å². The molecule has 0 spiro atoms. The minimum atomic E-state index is -4.47. The maximum atomic E-state index is 12.4. The number of amidine groups is 1. The second kappa shape index (κ2) is 4.38. The fraction of sp³-hybridized carbons (Fsp3) is 0.333. The van der Waals surface area contributed by atoms with Gasteiger partial charge in [-0.3, -0.25) is 11.1 Å². The smallest absolute Gasteiger partial charge is 0.418 e. The zero-order valence-corrected chi connectivity index (χ0v) is 8.51. The zero-order valence-electron chi connectivity index (χ0n) is 8.51. The zero-order chi connectivity index (χ0) is 12.3. The SMILES string of the molecule is CCOc1cc(C(F)(F)F)cnc1C(N)=[NH2+]. The lowest BCUT2D eigenvalue weighted by atomic mass is 10.2. The predicted octanol–water partition coefficient (Wildman–Crippen LogP) is -0.0365. The number of aromatic nitrogens is 1. The van der Waals surface area contributed by atoms with Crippen LogP contribution in [-0.2, 0) is 6.18 Å². The van der Waals surface area contributed by atoms with Crippen molar-refractivity contribution in [3.63, 3.8) is 0 Å². The Morgan fingerprint density at radius 3 is 2.62 bits per heavy atom. The minimum absolute atomic E-state index is 0.0230. The fourth-order valence-corrected chi connectivity index (χ4v) is 1.08. The van der Waals surface area contributed by atoms with E-state index in [1.165, 1.54) is 0 Å². The highest BCUT2D eigenvalue weighted by Crippen LogP contribution is 2.31. The molecule has 0 unspecified atom stereocenters. The van der Waals surface area contributed by atoms with E-state index in [1.807, 2.05) is 0 Å². The average molecular weight is 234 g/mol. The van der Waals surface area contributed by atoms with E-state index in [4.69, 9.17) is 15.9 Å². The van der Waals surface area contributed by atoms with Crippen LogP contribution < -0.4 is 15.9 Å². The Morgan fingerprint density at radius 1 is 1.56 bits per heavy atom. The first kappa shape index (κ1) is 12.3. The first-order chi connectivity index (χ1) is 7.36. The molecule has 0 saturated heterocycles. The average Bonchev–Trinajstić information content (AvgIpc) is 2.16. The molecule has 0 aromatic carbocycles. The van der Waals surface area contributed by atoms with Crippen LogP contribution in [0.2, 0.25) is 0 Å². The first-order valence-electron chi connectivity index (χ1n) is 4.44. The number of hydrogen-bond donors (Lipinski definition) is 2. The second-order valence-corrected chi connectivity index (χ2v) is 2.96. The highest BCUT2D eigenvalue weighted by Gasteiger charge is 2.32. The molecule has 0 aliphatic rings. The van der Waals surface area contributed by atoms with Crippen LogP contribution >= 0.6 is 0 Å². The first-order valence-corrected chi connectivity index (χ1v) is 4.44. The molecule has 0 aliphatic heterocycles. The molecular formula is C9H11F3N3O+. The van der Waals surface area contributed by atoms with E-state index < -0.39 is 11.7 Å². The molecule has 1 aromatic rings. The van der Waals surface area contributed by atoms with Gasteiger partial charge in [-0.1, -0.05) is 0 Å². The van der Waals surface area contributed by atoms with Crippen molar-refractivity contribution < 1.29 is 23.3 Å². The van der Waals surface area contributed by atoms with Crippen LogP contribution in [0.3, 0.4) is 0 Å². The molecule has 16 heavy (non-hydrogen) atoms. The van der Waals surface area contributed by atoms with Gasteiger partial charge in [-0.2, -0.15) is 13.2 Å². The van der Waals surface area contributed by atoms with Crippen LogP contribution in [0.25, 0.3) is 0 Å². The van der Waals surface area contributed by atoms with Crippen LogP contribution in [0, 0.1) is 0 Å². The lowest BCUT2D eigenvalue weighted by molar-refractivity contribution is -0.138. The highest BCUT2D eigenvalue weighted by molar-refractivity contribution is 5.93. The van der Waals surface area contributed by atoms with E-state index in [9.17, 15) is 13.2 Å². The van der Waals surface area contributed by atoms with Crippen molar-refractivity contribution in [2.75, 3.05) is 6.61 Å². The van der Waals surface area contributed by atoms with Gasteiger partial charge < -0.3 is 4.74 Å². The maximum Gasteiger partial charge on any atom is 0.418 e. The van der Waals surface area contributed by atoms with Gasteiger partial charge in [0.2, 0.25) is 0 Å². The summed E-state index contributed by atoms with van der Waals surface area (Å²) in [6, 6.07) is 0.825. The third kappa shape index (κ3) is 2.62. The predicted molar refractivity (Wildman–Crippen MR) is 50.6 cm³/mol. The number of hydrogen-bond acceptors (Lipinski definition) is 2. The molecule has 4 nitrogen and oxygen atoms in total. The molecule has 1 aromatic heterocycles. The molecule has 4 N–H and O–H groups in total. The summed E-state index contributed by atoms with van der Waals surface area (Å²) in [6.45, 7) is 1.83. The highest BCUT2D eigenvalue weighted by atomic mass is 19.4. The molecule has 7 heteroatoms. The van der Waals surface area contributed by atoms with Gasteiger partial charge in [0.1, 0.15) is 0 Å². The van der Waals surface area contributed by atoms with Crippen molar-refractivity contribution in [1.82, 2.24) is 4.98 Å². The molecule has 0 fully saturated rings. The van der Waals surface area contributed by atoms with Crippen LogP contribution in [-0.4, -0.2) is 17.4 Å². The number of nitrogens with two attached hydrogens (primary N) is 2. The monoisotopic (exact) mass is 234 g/mol. The van der Waals surface area contributed by atoms with Crippen LogP contribution in [0.5, 0.6) is 5.75 Å². The largest absolute Gasteiger partial charge is 0.491 e. The molecule has 1 heterocycles. The van der Waals surface area contributed by atoms with E-state index in [-0.39, 0.29) is 23.9 Å². The van der Waals surface area contributed by atoms with E-state index in [0.717, 1.165) is 6.07 Å². The van der Waals surface area contributed by atoms with E-state index in [2.05, 4.69) is 4.98 Å². The molecular weight excluding hydrogens is 223 g/mol. The summed E-state index contributed by atoms with van der Waals surface area (Å²) in [5, 5.41) is 5.27. The minimum Gasteiger partial charge on any atom is -0.491 e. The summed E-state index contributed by atoms with van der Waals surface area (Å²) in [5.74, 6) is -0.255. The molecule has 88 valence electrons. The maximum absolute atomic E-state index is 12.4. The second-order valence-electron chi connectivity index (χ2n) is 2.96. The van der Waals surface area contributed by atoms with Gasteiger partial charge in [-0.15, -0.1) is 0 Å². The molecule has 0 aliphatic carbocycles. The number of rotatable bonds is 3. The van der Waals surface area contributed by atoms with Crippen LogP contribution in [0.1, 0.15) is 18.2 Å². The van der Waals surface area contributed by atoms with Crippen molar-refractivity contribution in [1.29, 1.82) is 0 Å². The summed E-state index contributed by atoms with van der Waals surface area (Å²) in [4.78, 5) is 3.53. The normalized spacial score (nSPS) is 11.2. The quantitative estimate of drug-likeness (QED) is 0.569. The molecule has 0 bridgehead atoms. The van der Waals surface area contributed by atoms with Gasteiger partial charge in [-0.25, -0.2) is 4.98 Å². The van der Waals surface area contributed by atoms with Gasteiger partial charge in [0.05, 0.1) is 12.2 Å². The van der Waals surface area contributed by atoms with Crippen LogP contribution in [0.15, 0.2) is 12.3 Å². The van der Waals surface area contributed by atoms with Gasteiger partial charge in [-0.05, 0) is 13.0 Å². The summed E-state index contributed by atoms with van der Waals surface area (Å²) in [5.41, 5.74) is 4.40. The molecule has 0 radical (unpaired) electrons. The Hall–Kier alpha value is -1.79. The van der Waals surface area contributed by atoms with Crippen molar-refractivity contribution in [2.24, 2.45) is 5.73 Å². The van der Waals surface area contributed by atoms with Crippen molar-refractivity contribution >= 4 is 5.84 Å². The van der Waals surface area contributed by atoms with Crippen molar-refractivity contribution in [2.45, 2.75) is 13.1 Å². The molecule has 0 amide bonds. The Bertz CT molecular complexity index is 403. The number of halogens is 3. The Balaban J connectivity index is 3.22. The molecule has 0 saturated carbocycles. The summed E-state index contributed by atoms with van der Waals surface area (Å²) in [7, 11) is 0. The van der Waals surface area contributed by atoms with Gasteiger partial charge in [0, 0.05) is 6.20 Å². The van der Waals surface area contributed by atoms with Crippen LogP contribution in [0.4, 0.5) is 13.2 Å². The summed E-state index contributed by atoms with van der Waals surface area (Å²) >= 11 is 0. The molecule has 1 rings (SSSR count). The van der Waals surface area contributed by atoms with E-state index in [1.54, 1.807) is 6.92 Å². The number of pyridine rings is 1. The van der Waals surface area contributed by atoms with Crippen molar-refractivity contribution in [3.8, 4) is 5.75 Å². The standard InChI is InChI=1S/C9H10F3N3O/c1-2-16-6-3-5(9(10,11)12)4-15-7(6)8(13)14/h3-4H,2H2,1H3,(H3,13,14)/p+1. The third-order valence-electron chi connectivity index (χ3n) is 1.75. The Labute approximate surface area is 89.7 Å². The third-order valence-corrected chi connectivity index (χ3v) is 1.75. The van der Waals surface area contributed by atoms with E-state index >= 15 is 0 Å². The summed E-state index contributed by atoms with van der Waals surface area (Å²) in [6.07, 6.45) is -3.81. The number of ether oxygens (including phenoxy) is 1. The topological polar surface area (TPSA) is 73.7 Å².